The van der Waals surface area contributed by atoms with Crippen LogP contribution in [0, 0.1) is 0 Å². The Hall–Kier alpha value is -2.37. The maximum Gasteiger partial charge on any atom is 0.222 e. The number of carbonyl (C=O) groups is 3. The van der Waals surface area contributed by atoms with E-state index in [0.29, 0.717) is 26.1 Å². The number of benzene rings is 1. The normalized spacial score (nSPS) is 19.4. The highest BCUT2D eigenvalue weighted by molar-refractivity contribution is 5.80. The van der Waals surface area contributed by atoms with Gasteiger partial charge < -0.3 is 15.1 Å². The topological polar surface area (TPSA) is 69.7 Å². The summed E-state index contributed by atoms with van der Waals surface area (Å²) in [4.78, 5) is 39.7. The van der Waals surface area contributed by atoms with Crippen molar-refractivity contribution < 1.29 is 14.4 Å². The van der Waals surface area contributed by atoms with Gasteiger partial charge in [-0.25, -0.2) is 0 Å². The van der Waals surface area contributed by atoms with Crippen LogP contribution in [0.15, 0.2) is 24.3 Å². The van der Waals surface area contributed by atoms with Gasteiger partial charge in [0.1, 0.15) is 0 Å². The molecule has 1 aromatic carbocycles. The summed E-state index contributed by atoms with van der Waals surface area (Å²) in [5.74, 6) is 0.169. The molecule has 1 atom stereocenters. The maximum absolute atomic E-state index is 12.4. The van der Waals surface area contributed by atoms with E-state index < -0.39 is 0 Å². The van der Waals surface area contributed by atoms with Crippen molar-refractivity contribution in [3.8, 4) is 0 Å². The lowest BCUT2D eigenvalue weighted by Gasteiger charge is -2.36. The third-order valence-electron chi connectivity index (χ3n) is 5.29. The lowest BCUT2D eigenvalue weighted by molar-refractivity contribution is -0.133. The molecule has 0 radical (unpaired) electrons. The van der Waals surface area contributed by atoms with Crippen molar-refractivity contribution in [1.29, 1.82) is 0 Å². The summed E-state index contributed by atoms with van der Waals surface area (Å²) in [7, 11) is 0. The van der Waals surface area contributed by atoms with Crippen molar-refractivity contribution in [2.75, 3.05) is 26.2 Å². The predicted octanol–water partition coefficient (Wildman–Crippen LogP) is 1.65. The number of nitrogens with one attached hydrogen (secondary N) is 1. The number of rotatable bonds is 6. The summed E-state index contributed by atoms with van der Waals surface area (Å²) in [6.07, 6.45) is 3.45. The minimum Gasteiger partial charge on any atom is -0.356 e. The van der Waals surface area contributed by atoms with Gasteiger partial charge in [-0.2, -0.15) is 0 Å². The number of hydrogen-bond donors (Lipinski definition) is 1. The predicted molar refractivity (Wildman–Crippen MR) is 98.3 cm³/mol. The summed E-state index contributed by atoms with van der Waals surface area (Å²) in [6.45, 7) is 4.30. The Morgan fingerprint density at radius 2 is 2.00 bits per heavy atom. The molecule has 26 heavy (non-hydrogen) atoms. The van der Waals surface area contributed by atoms with E-state index >= 15 is 0 Å². The summed E-state index contributed by atoms with van der Waals surface area (Å²) < 4.78 is 0. The highest BCUT2D eigenvalue weighted by Crippen LogP contribution is 2.32. The van der Waals surface area contributed by atoms with Crippen LogP contribution in [-0.2, 0) is 20.8 Å². The number of amides is 3. The number of hydrogen-bond acceptors (Lipinski definition) is 3. The van der Waals surface area contributed by atoms with Crippen molar-refractivity contribution in [3.63, 3.8) is 0 Å². The molecule has 0 bridgehead atoms. The highest BCUT2D eigenvalue weighted by atomic mass is 16.2. The maximum atomic E-state index is 12.4. The summed E-state index contributed by atoms with van der Waals surface area (Å²) in [5, 5.41) is 2.94. The van der Waals surface area contributed by atoms with Crippen LogP contribution in [0.5, 0.6) is 0 Å². The zero-order chi connectivity index (χ0) is 18.5. The van der Waals surface area contributed by atoms with Crippen molar-refractivity contribution in [2.24, 2.45) is 0 Å². The van der Waals surface area contributed by atoms with E-state index in [1.807, 2.05) is 23.1 Å². The van der Waals surface area contributed by atoms with Gasteiger partial charge in [0.25, 0.3) is 0 Å². The van der Waals surface area contributed by atoms with Gasteiger partial charge in [0.05, 0.1) is 12.5 Å². The van der Waals surface area contributed by atoms with Crippen LogP contribution < -0.4 is 5.32 Å². The monoisotopic (exact) mass is 357 g/mol. The Labute approximate surface area is 154 Å². The molecule has 0 saturated carbocycles. The van der Waals surface area contributed by atoms with Gasteiger partial charge in [0.15, 0.2) is 0 Å². The molecule has 0 aromatic heterocycles. The van der Waals surface area contributed by atoms with Crippen LogP contribution in [0.3, 0.4) is 0 Å². The Morgan fingerprint density at radius 3 is 2.73 bits per heavy atom. The second-order valence-electron chi connectivity index (χ2n) is 7.07. The molecule has 1 saturated heterocycles. The minimum atomic E-state index is -0.197. The Bertz CT molecular complexity index is 689. The Morgan fingerprint density at radius 1 is 1.19 bits per heavy atom. The Balaban J connectivity index is 1.53. The molecule has 1 aromatic rings. The molecule has 1 N–H and O–H groups in total. The van der Waals surface area contributed by atoms with Gasteiger partial charge in [0, 0.05) is 39.5 Å². The minimum absolute atomic E-state index is 0.00449. The van der Waals surface area contributed by atoms with E-state index in [9.17, 15) is 14.4 Å². The van der Waals surface area contributed by atoms with Crippen molar-refractivity contribution in [1.82, 2.24) is 15.1 Å². The van der Waals surface area contributed by atoms with Gasteiger partial charge >= 0.3 is 0 Å². The second-order valence-corrected chi connectivity index (χ2v) is 7.07. The smallest absolute Gasteiger partial charge is 0.222 e. The lowest BCUT2D eigenvalue weighted by atomic mass is 9.90. The van der Waals surface area contributed by atoms with Crippen LogP contribution in [0.25, 0.3) is 0 Å². The first-order valence-corrected chi connectivity index (χ1v) is 9.45. The van der Waals surface area contributed by atoms with Crippen LogP contribution in [-0.4, -0.2) is 53.7 Å². The molecule has 1 unspecified atom stereocenters. The SMILES string of the molecule is CC(=O)N1CCc2ccccc2C1CC(=O)NCCCN1CCCC1=O. The van der Waals surface area contributed by atoms with E-state index in [2.05, 4.69) is 11.4 Å². The molecular formula is C20H27N3O3. The summed E-state index contributed by atoms with van der Waals surface area (Å²) in [6, 6.07) is 7.85. The van der Waals surface area contributed by atoms with Crippen LogP contribution in [0.1, 0.15) is 49.8 Å². The molecule has 0 aliphatic carbocycles. The molecule has 2 heterocycles. The molecule has 3 rings (SSSR count). The first-order valence-electron chi connectivity index (χ1n) is 9.45. The van der Waals surface area contributed by atoms with Gasteiger partial charge in [-0.05, 0) is 30.4 Å². The van der Waals surface area contributed by atoms with Crippen LogP contribution in [0.2, 0.25) is 0 Å². The van der Waals surface area contributed by atoms with Gasteiger partial charge in [-0.15, -0.1) is 0 Å². The lowest BCUT2D eigenvalue weighted by Crippen LogP contribution is -2.41. The van der Waals surface area contributed by atoms with Crippen LogP contribution >= 0.6 is 0 Å². The van der Waals surface area contributed by atoms with E-state index in [1.165, 1.54) is 5.56 Å². The van der Waals surface area contributed by atoms with Crippen molar-refractivity contribution >= 4 is 17.7 Å². The molecular weight excluding hydrogens is 330 g/mol. The molecule has 0 spiro atoms. The fraction of sp³-hybridized carbons (Fsp3) is 0.550. The summed E-state index contributed by atoms with van der Waals surface area (Å²) >= 11 is 0. The standard InChI is InChI=1S/C20H27N3O3/c1-15(24)23-13-9-16-6-2-3-7-17(16)18(23)14-19(25)21-10-5-12-22-11-4-8-20(22)26/h2-3,6-7,18H,4-5,8-14H2,1H3,(H,21,25). The second kappa shape index (κ2) is 8.34. The van der Waals surface area contributed by atoms with E-state index in [4.69, 9.17) is 0 Å². The molecule has 2 aliphatic rings. The Kier molecular flexibility index (Phi) is 5.91. The molecule has 6 nitrogen and oxygen atoms in total. The third kappa shape index (κ3) is 4.23. The zero-order valence-corrected chi connectivity index (χ0v) is 15.4. The number of likely N-dealkylation sites (tertiary alicyclic amines) is 1. The fourth-order valence-corrected chi connectivity index (χ4v) is 3.93. The largest absolute Gasteiger partial charge is 0.356 e. The molecule has 3 amide bonds. The number of fused-ring (bicyclic) bond motifs is 1. The summed E-state index contributed by atoms with van der Waals surface area (Å²) in [5.41, 5.74) is 2.29. The van der Waals surface area contributed by atoms with Crippen LogP contribution in [0.4, 0.5) is 0 Å². The van der Waals surface area contributed by atoms with E-state index in [-0.39, 0.29) is 30.2 Å². The van der Waals surface area contributed by atoms with Crippen molar-refractivity contribution in [2.45, 2.75) is 45.1 Å². The van der Waals surface area contributed by atoms with E-state index in [0.717, 1.165) is 31.4 Å². The van der Waals surface area contributed by atoms with Gasteiger partial charge in [-0.1, -0.05) is 24.3 Å². The molecule has 1 fully saturated rings. The first kappa shape index (κ1) is 18.4. The van der Waals surface area contributed by atoms with Gasteiger partial charge in [-0.3, -0.25) is 14.4 Å². The average Bonchev–Trinajstić information content (AvgIpc) is 3.03. The first-order chi connectivity index (χ1) is 12.6. The fourth-order valence-electron chi connectivity index (χ4n) is 3.93. The third-order valence-corrected chi connectivity index (χ3v) is 5.29. The van der Waals surface area contributed by atoms with Gasteiger partial charge in [0.2, 0.25) is 17.7 Å². The number of carbonyl (C=O) groups excluding carboxylic acids is 3. The average molecular weight is 357 g/mol. The van der Waals surface area contributed by atoms with Crippen molar-refractivity contribution in [3.05, 3.63) is 35.4 Å². The molecule has 2 aliphatic heterocycles. The zero-order valence-electron chi connectivity index (χ0n) is 15.4. The highest BCUT2D eigenvalue weighted by Gasteiger charge is 2.30. The quantitative estimate of drug-likeness (QED) is 0.787. The van der Waals surface area contributed by atoms with E-state index in [1.54, 1.807) is 11.8 Å². The number of nitrogens with zero attached hydrogens (tertiary/aromatic N) is 2. The molecule has 140 valence electrons. The molecule has 6 heteroatoms.